The number of benzene rings is 2. The molecule has 4 rings (SSSR count). The van der Waals surface area contributed by atoms with Crippen LogP contribution < -0.4 is 4.74 Å². The minimum Gasteiger partial charge on any atom is -0.459 e. The van der Waals surface area contributed by atoms with Gasteiger partial charge in [-0.3, -0.25) is 4.90 Å². The summed E-state index contributed by atoms with van der Waals surface area (Å²) in [4.78, 5) is 6.33. The van der Waals surface area contributed by atoms with Gasteiger partial charge < -0.3 is 13.7 Å². The van der Waals surface area contributed by atoms with Crippen molar-refractivity contribution in [2.45, 2.75) is 26.1 Å². The van der Waals surface area contributed by atoms with E-state index in [9.17, 15) is 8.78 Å². The summed E-state index contributed by atoms with van der Waals surface area (Å²) in [5, 5.41) is 4.95. The number of ether oxygens (including phenoxy) is 1. The number of hydrogen-bond donors (Lipinski definition) is 0. The van der Waals surface area contributed by atoms with Crippen LogP contribution in [0.1, 0.15) is 24.6 Å². The van der Waals surface area contributed by atoms with Gasteiger partial charge in [-0.2, -0.15) is 13.8 Å². The van der Waals surface area contributed by atoms with Gasteiger partial charge in [0.1, 0.15) is 17.1 Å². The van der Waals surface area contributed by atoms with Crippen molar-refractivity contribution >= 4 is 11.0 Å². The molecule has 29 heavy (non-hydrogen) atoms. The molecule has 1 unspecified atom stereocenters. The molecular formula is C21H19F2N3O3. The van der Waals surface area contributed by atoms with Gasteiger partial charge in [0.25, 0.3) is 0 Å². The van der Waals surface area contributed by atoms with E-state index in [0.717, 1.165) is 16.7 Å². The number of aromatic nitrogens is 2. The predicted octanol–water partition coefficient (Wildman–Crippen LogP) is 5.28. The zero-order valence-electron chi connectivity index (χ0n) is 15.9. The third-order valence-electron chi connectivity index (χ3n) is 4.71. The second-order valence-corrected chi connectivity index (χ2v) is 6.66. The smallest absolute Gasteiger partial charge is 0.387 e. The highest BCUT2D eigenvalue weighted by Crippen LogP contribution is 2.30. The molecule has 0 spiro atoms. The molecule has 0 bridgehead atoms. The normalized spacial score (nSPS) is 12.8. The van der Waals surface area contributed by atoms with Crippen molar-refractivity contribution in [3.63, 3.8) is 0 Å². The summed E-state index contributed by atoms with van der Waals surface area (Å²) >= 11 is 0. The fraction of sp³-hybridized carbons (Fsp3) is 0.238. The zero-order chi connectivity index (χ0) is 20.4. The van der Waals surface area contributed by atoms with Crippen LogP contribution in [-0.2, 0) is 6.54 Å². The monoisotopic (exact) mass is 399 g/mol. The third kappa shape index (κ3) is 4.12. The molecule has 4 aromatic rings. The number of alkyl halides is 2. The summed E-state index contributed by atoms with van der Waals surface area (Å²) in [6.07, 6.45) is 0. The number of nitrogens with zero attached hydrogens (tertiary/aromatic N) is 3. The molecule has 1 atom stereocenters. The molecule has 0 aliphatic carbocycles. The first-order valence-electron chi connectivity index (χ1n) is 9.07. The zero-order valence-corrected chi connectivity index (χ0v) is 15.9. The van der Waals surface area contributed by atoms with Crippen LogP contribution in [0, 0.1) is 0 Å². The maximum Gasteiger partial charge on any atom is 0.387 e. The van der Waals surface area contributed by atoms with Gasteiger partial charge in [0.2, 0.25) is 11.7 Å². The third-order valence-corrected chi connectivity index (χ3v) is 4.71. The molecule has 6 nitrogen and oxygen atoms in total. The van der Waals surface area contributed by atoms with E-state index in [2.05, 4.69) is 14.9 Å². The molecule has 8 heteroatoms. The van der Waals surface area contributed by atoms with Crippen LogP contribution in [0.2, 0.25) is 0 Å². The lowest BCUT2D eigenvalue weighted by Gasteiger charge is -2.20. The Labute approximate surface area is 165 Å². The molecule has 0 aliphatic heterocycles. The van der Waals surface area contributed by atoms with E-state index in [0.29, 0.717) is 18.0 Å². The van der Waals surface area contributed by atoms with Crippen LogP contribution in [0.15, 0.2) is 63.5 Å². The molecule has 0 radical (unpaired) electrons. The van der Waals surface area contributed by atoms with Gasteiger partial charge in [-0.25, -0.2) is 0 Å². The summed E-state index contributed by atoms with van der Waals surface area (Å²) in [5.41, 5.74) is 1.18. The van der Waals surface area contributed by atoms with E-state index in [1.54, 1.807) is 18.2 Å². The quantitative estimate of drug-likeness (QED) is 0.421. The molecule has 2 aromatic carbocycles. The average molecular weight is 399 g/mol. The maximum atomic E-state index is 12.6. The largest absolute Gasteiger partial charge is 0.459 e. The Hall–Kier alpha value is -3.26. The molecule has 0 N–H and O–H groups in total. The van der Waals surface area contributed by atoms with Crippen LogP contribution in [-0.4, -0.2) is 28.7 Å². The highest BCUT2D eigenvalue weighted by atomic mass is 19.3. The van der Waals surface area contributed by atoms with Gasteiger partial charge in [-0.05, 0) is 38.2 Å². The Morgan fingerprint density at radius 2 is 1.86 bits per heavy atom. The number of halogens is 2. The average Bonchev–Trinajstić information content (AvgIpc) is 3.34. The van der Waals surface area contributed by atoms with Gasteiger partial charge in [0.05, 0.1) is 18.2 Å². The van der Waals surface area contributed by atoms with Crippen molar-refractivity contribution in [1.29, 1.82) is 0 Å². The summed E-state index contributed by atoms with van der Waals surface area (Å²) in [6.45, 7) is -0.553. The first-order chi connectivity index (χ1) is 14.0. The summed E-state index contributed by atoms with van der Waals surface area (Å²) in [6, 6.07) is 16.1. The first kappa shape index (κ1) is 19.1. The number of fused-ring (bicyclic) bond motifs is 1. The van der Waals surface area contributed by atoms with Gasteiger partial charge in [-0.1, -0.05) is 35.5 Å². The molecule has 0 fully saturated rings. The Balaban J connectivity index is 1.50. The standard InChI is InChI=1S/C21H19F2N3O3/c1-13(18-11-14-7-3-5-9-16(14)27-18)26(2)12-19-24-20(25-29-19)15-8-4-6-10-17(15)28-21(22)23/h3-11,13,21H,12H2,1-2H3. The fourth-order valence-electron chi connectivity index (χ4n) is 3.05. The van der Waals surface area contributed by atoms with Crippen LogP contribution in [0.4, 0.5) is 8.78 Å². The molecule has 0 saturated heterocycles. The molecule has 2 heterocycles. The van der Waals surface area contributed by atoms with Gasteiger partial charge >= 0.3 is 6.61 Å². The molecule has 0 aliphatic rings. The molecule has 2 aromatic heterocycles. The molecule has 0 saturated carbocycles. The lowest BCUT2D eigenvalue weighted by atomic mass is 10.2. The van der Waals surface area contributed by atoms with Crippen molar-refractivity contribution in [3.8, 4) is 17.1 Å². The first-order valence-corrected chi connectivity index (χ1v) is 9.07. The van der Waals surface area contributed by atoms with Crippen LogP contribution >= 0.6 is 0 Å². The van der Waals surface area contributed by atoms with Gasteiger partial charge in [-0.15, -0.1) is 0 Å². The summed E-state index contributed by atoms with van der Waals surface area (Å²) in [7, 11) is 1.91. The van der Waals surface area contributed by atoms with E-state index in [1.807, 2.05) is 49.2 Å². The second kappa shape index (κ2) is 8.00. The minimum absolute atomic E-state index is 0.00107. The van der Waals surface area contributed by atoms with Gasteiger partial charge in [0.15, 0.2) is 0 Å². The Kier molecular flexibility index (Phi) is 5.26. The van der Waals surface area contributed by atoms with E-state index < -0.39 is 6.61 Å². The highest BCUT2D eigenvalue weighted by molar-refractivity contribution is 5.77. The minimum atomic E-state index is -2.93. The van der Waals surface area contributed by atoms with Crippen molar-refractivity contribution in [2.24, 2.45) is 0 Å². The number of para-hydroxylation sites is 2. The van der Waals surface area contributed by atoms with Gasteiger partial charge in [0, 0.05) is 5.39 Å². The van der Waals surface area contributed by atoms with Crippen LogP contribution in [0.3, 0.4) is 0 Å². The highest BCUT2D eigenvalue weighted by Gasteiger charge is 2.20. The number of rotatable bonds is 7. The van der Waals surface area contributed by atoms with Crippen LogP contribution in [0.25, 0.3) is 22.4 Å². The lowest BCUT2D eigenvalue weighted by Crippen LogP contribution is -2.21. The number of furan rings is 1. The Morgan fingerprint density at radius 1 is 1.10 bits per heavy atom. The maximum absolute atomic E-state index is 12.6. The molecule has 0 amide bonds. The molecular weight excluding hydrogens is 380 g/mol. The van der Waals surface area contributed by atoms with Crippen molar-refractivity contribution in [3.05, 3.63) is 66.2 Å². The van der Waals surface area contributed by atoms with E-state index in [4.69, 9.17) is 8.94 Å². The Morgan fingerprint density at radius 3 is 2.66 bits per heavy atom. The van der Waals surface area contributed by atoms with E-state index in [-0.39, 0.29) is 17.6 Å². The van der Waals surface area contributed by atoms with Crippen molar-refractivity contribution in [1.82, 2.24) is 15.0 Å². The van der Waals surface area contributed by atoms with E-state index >= 15 is 0 Å². The fourth-order valence-corrected chi connectivity index (χ4v) is 3.05. The molecule has 150 valence electrons. The van der Waals surface area contributed by atoms with Crippen molar-refractivity contribution in [2.75, 3.05) is 7.05 Å². The number of hydrogen-bond acceptors (Lipinski definition) is 6. The topological polar surface area (TPSA) is 64.5 Å². The predicted molar refractivity (Wildman–Crippen MR) is 102 cm³/mol. The summed E-state index contributed by atoms with van der Waals surface area (Å²) in [5.74, 6) is 1.38. The lowest BCUT2D eigenvalue weighted by molar-refractivity contribution is -0.0494. The summed E-state index contributed by atoms with van der Waals surface area (Å²) < 4.78 is 41.0. The second-order valence-electron chi connectivity index (χ2n) is 6.66. The van der Waals surface area contributed by atoms with Crippen LogP contribution in [0.5, 0.6) is 5.75 Å². The van der Waals surface area contributed by atoms with Crippen molar-refractivity contribution < 1.29 is 22.5 Å². The Bertz CT molecular complexity index is 1080. The SMILES string of the molecule is CC(c1cc2ccccc2o1)N(C)Cc1nc(-c2ccccc2OC(F)F)no1. The van der Waals surface area contributed by atoms with E-state index in [1.165, 1.54) is 6.07 Å².